The van der Waals surface area contributed by atoms with Crippen molar-refractivity contribution in [3.63, 3.8) is 0 Å². The molecule has 0 unspecified atom stereocenters. The number of nitrogen functional groups attached to an aromatic ring is 1. The first-order chi connectivity index (χ1) is 12.0. The van der Waals surface area contributed by atoms with E-state index in [1.807, 2.05) is 0 Å². The van der Waals surface area contributed by atoms with E-state index in [2.05, 4.69) is 19.9 Å². The van der Waals surface area contributed by atoms with E-state index < -0.39 is 0 Å². The molecule has 1 atom stereocenters. The minimum atomic E-state index is -0.248. The molecule has 1 aromatic heterocycles. The molecule has 2 aromatic rings. The number of pyridine rings is 1. The summed E-state index contributed by atoms with van der Waals surface area (Å²) in [5.74, 6) is 1.06. The van der Waals surface area contributed by atoms with Crippen LogP contribution in [0, 0.1) is 17.2 Å². The van der Waals surface area contributed by atoms with Crippen LogP contribution >= 0.6 is 0 Å². The molecule has 25 heavy (non-hydrogen) atoms. The number of benzene rings is 1. The fourth-order valence-corrected chi connectivity index (χ4v) is 3.17. The average Bonchev–Trinajstić information content (AvgIpc) is 2.62. The Bertz CT molecular complexity index is 909. The number of methoxy groups -OCH3 is 1. The summed E-state index contributed by atoms with van der Waals surface area (Å²) in [5.41, 5.74) is 8.11. The summed E-state index contributed by atoms with van der Waals surface area (Å²) in [6.45, 7) is 4.31. The van der Waals surface area contributed by atoms with Crippen molar-refractivity contribution in [1.29, 1.82) is 5.26 Å². The second-order valence-corrected chi connectivity index (χ2v) is 6.47. The van der Waals surface area contributed by atoms with E-state index in [-0.39, 0.29) is 24.1 Å². The maximum Gasteiger partial charge on any atom is 0.262 e. The Morgan fingerprint density at radius 3 is 2.80 bits per heavy atom. The number of aromatic nitrogens is 1. The molecule has 0 aliphatic carbocycles. The van der Waals surface area contributed by atoms with E-state index >= 15 is 0 Å². The zero-order chi connectivity index (χ0) is 18.1. The number of nitrogens with two attached hydrogens (primary N) is 1. The second kappa shape index (κ2) is 6.61. The molecule has 0 saturated carbocycles. The molecule has 130 valence electrons. The Balaban J connectivity index is 2.23. The maximum absolute atomic E-state index is 13.0. The fraction of sp³-hybridized carbons (Fsp3) is 0.368. The van der Waals surface area contributed by atoms with Crippen molar-refractivity contribution in [2.45, 2.75) is 33.0 Å². The van der Waals surface area contributed by atoms with Crippen LogP contribution in [0.25, 0.3) is 5.69 Å². The van der Waals surface area contributed by atoms with Gasteiger partial charge in [0, 0.05) is 18.1 Å². The van der Waals surface area contributed by atoms with Crippen molar-refractivity contribution in [1.82, 2.24) is 4.57 Å². The molecule has 0 amide bonds. The molecule has 1 aromatic carbocycles. The summed E-state index contributed by atoms with van der Waals surface area (Å²) in [4.78, 5) is 13.0. The molecule has 0 saturated heterocycles. The van der Waals surface area contributed by atoms with Crippen LogP contribution in [0.15, 0.2) is 29.1 Å². The minimum Gasteiger partial charge on any atom is -0.497 e. The van der Waals surface area contributed by atoms with Gasteiger partial charge >= 0.3 is 0 Å². The van der Waals surface area contributed by atoms with Crippen LogP contribution in [0.4, 0.5) is 5.82 Å². The SMILES string of the molecule is COc1cccc(-n2c(N)c(C#N)c3c(c2=O)CO[C@@H](C(C)C)C3)c1. The molecule has 0 bridgehead atoms. The average molecular weight is 339 g/mol. The smallest absolute Gasteiger partial charge is 0.262 e. The number of nitriles is 1. The van der Waals surface area contributed by atoms with Gasteiger partial charge in [-0.1, -0.05) is 19.9 Å². The first-order valence-electron chi connectivity index (χ1n) is 8.20. The zero-order valence-corrected chi connectivity index (χ0v) is 14.6. The molecule has 1 aliphatic heterocycles. The number of hydrogen-bond acceptors (Lipinski definition) is 5. The third kappa shape index (κ3) is 2.87. The van der Waals surface area contributed by atoms with Gasteiger partial charge in [0.05, 0.1) is 31.1 Å². The molecule has 0 radical (unpaired) electrons. The highest BCUT2D eigenvalue weighted by Gasteiger charge is 2.29. The number of fused-ring (bicyclic) bond motifs is 1. The summed E-state index contributed by atoms with van der Waals surface area (Å²) in [7, 11) is 1.55. The van der Waals surface area contributed by atoms with Crippen molar-refractivity contribution >= 4 is 5.82 Å². The number of hydrogen-bond donors (Lipinski definition) is 1. The Hall–Kier alpha value is -2.78. The monoisotopic (exact) mass is 339 g/mol. The summed E-state index contributed by atoms with van der Waals surface area (Å²) in [6.07, 6.45) is 0.500. The van der Waals surface area contributed by atoms with E-state index in [4.69, 9.17) is 15.2 Å². The lowest BCUT2D eigenvalue weighted by atomic mass is 9.91. The van der Waals surface area contributed by atoms with Crippen LogP contribution < -0.4 is 16.0 Å². The van der Waals surface area contributed by atoms with Crippen molar-refractivity contribution in [2.24, 2.45) is 5.92 Å². The second-order valence-electron chi connectivity index (χ2n) is 6.47. The topological polar surface area (TPSA) is 90.3 Å². The highest BCUT2D eigenvalue weighted by atomic mass is 16.5. The van der Waals surface area contributed by atoms with E-state index in [0.717, 1.165) is 0 Å². The van der Waals surface area contributed by atoms with Gasteiger partial charge in [0.2, 0.25) is 0 Å². The molecule has 2 heterocycles. The quantitative estimate of drug-likeness (QED) is 0.927. The number of ether oxygens (including phenoxy) is 2. The number of rotatable bonds is 3. The van der Waals surface area contributed by atoms with Gasteiger partial charge in [-0.3, -0.25) is 9.36 Å². The molecule has 0 fully saturated rings. The highest BCUT2D eigenvalue weighted by molar-refractivity contribution is 5.60. The van der Waals surface area contributed by atoms with Crippen LogP contribution in [-0.4, -0.2) is 17.8 Å². The molecule has 1 aliphatic rings. The third-order valence-corrected chi connectivity index (χ3v) is 4.64. The predicted octanol–water partition coefficient (Wildman–Crippen LogP) is 2.40. The molecular weight excluding hydrogens is 318 g/mol. The summed E-state index contributed by atoms with van der Waals surface area (Å²) >= 11 is 0. The Morgan fingerprint density at radius 1 is 1.40 bits per heavy atom. The van der Waals surface area contributed by atoms with Crippen LogP contribution in [0.5, 0.6) is 5.75 Å². The minimum absolute atomic E-state index is 0.0222. The lowest BCUT2D eigenvalue weighted by molar-refractivity contribution is -0.00117. The molecule has 2 N–H and O–H groups in total. The summed E-state index contributed by atoms with van der Waals surface area (Å²) in [6, 6.07) is 9.21. The van der Waals surface area contributed by atoms with Crippen molar-refractivity contribution in [3.8, 4) is 17.5 Å². The Labute approximate surface area is 146 Å². The lowest BCUT2D eigenvalue weighted by Crippen LogP contribution is -2.36. The van der Waals surface area contributed by atoms with Gasteiger partial charge in [-0.05, 0) is 23.6 Å². The normalized spacial score (nSPS) is 16.4. The zero-order valence-electron chi connectivity index (χ0n) is 14.6. The van der Waals surface area contributed by atoms with Gasteiger partial charge < -0.3 is 15.2 Å². The standard InChI is InChI=1S/C19H21N3O3/c1-11(2)17-8-14-15(9-20)18(21)22(19(23)16(14)10-25-17)12-5-4-6-13(7-12)24-3/h4-7,11,17H,8,10,21H2,1-3H3/t17-/m1/s1. The van der Waals surface area contributed by atoms with E-state index in [9.17, 15) is 10.1 Å². The molecule has 6 nitrogen and oxygen atoms in total. The van der Waals surface area contributed by atoms with Gasteiger partial charge in [0.1, 0.15) is 17.6 Å². The predicted molar refractivity (Wildman–Crippen MR) is 94.8 cm³/mol. The molecule has 0 spiro atoms. The van der Waals surface area contributed by atoms with Crippen LogP contribution in [0.2, 0.25) is 0 Å². The first kappa shape index (κ1) is 17.1. The van der Waals surface area contributed by atoms with Crippen LogP contribution in [0.3, 0.4) is 0 Å². The third-order valence-electron chi connectivity index (χ3n) is 4.64. The van der Waals surface area contributed by atoms with E-state index in [1.165, 1.54) is 4.57 Å². The fourth-order valence-electron chi connectivity index (χ4n) is 3.17. The van der Waals surface area contributed by atoms with Gasteiger partial charge in [-0.25, -0.2) is 0 Å². The van der Waals surface area contributed by atoms with Gasteiger partial charge in [0.15, 0.2) is 0 Å². The van der Waals surface area contributed by atoms with Gasteiger partial charge in [-0.15, -0.1) is 0 Å². The first-order valence-corrected chi connectivity index (χ1v) is 8.20. The largest absolute Gasteiger partial charge is 0.497 e. The molecular formula is C19H21N3O3. The lowest BCUT2D eigenvalue weighted by Gasteiger charge is -2.29. The Kier molecular flexibility index (Phi) is 4.51. The highest BCUT2D eigenvalue weighted by Crippen LogP contribution is 2.29. The summed E-state index contributed by atoms with van der Waals surface area (Å²) < 4.78 is 12.4. The van der Waals surface area contributed by atoms with E-state index in [0.29, 0.717) is 40.5 Å². The van der Waals surface area contributed by atoms with Crippen LogP contribution in [-0.2, 0) is 17.8 Å². The van der Waals surface area contributed by atoms with Gasteiger partial charge in [-0.2, -0.15) is 5.26 Å². The van der Waals surface area contributed by atoms with Crippen molar-refractivity contribution < 1.29 is 9.47 Å². The van der Waals surface area contributed by atoms with Crippen LogP contribution in [0.1, 0.15) is 30.5 Å². The van der Waals surface area contributed by atoms with E-state index in [1.54, 1.807) is 31.4 Å². The molecule has 6 heteroatoms. The number of anilines is 1. The maximum atomic E-state index is 13.0. The Morgan fingerprint density at radius 2 is 2.16 bits per heavy atom. The molecule has 3 rings (SSSR count). The summed E-state index contributed by atoms with van der Waals surface area (Å²) in [5, 5.41) is 9.65. The van der Waals surface area contributed by atoms with Crippen molar-refractivity contribution in [2.75, 3.05) is 12.8 Å². The number of nitrogens with zero attached hydrogens (tertiary/aromatic N) is 2. The van der Waals surface area contributed by atoms with Crippen molar-refractivity contribution in [3.05, 3.63) is 51.3 Å². The van der Waals surface area contributed by atoms with Gasteiger partial charge in [0.25, 0.3) is 5.56 Å².